The molecule has 296 valence electrons. The fourth-order valence-corrected chi connectivity index (χ4v) is 8.69. The van der Waals surface area contributed by atoms with Crippen LogP contribution in [0.5, 0.6) is 0 Å². The number of hydrogen-bond donors (Lipinski definition) is 4. The number of halogens is 2. The number of aromatic nitrogens is 3. The Morgan fingerprint density at radius 2 is 1.72 bits per heavy atom. The number of nitrogens with zero attached hydrogens (tertiary/aromatic N) is 4. The van der Waals surface area contributed by atoms with Gasteiger partial charge in [0.1, 0.15) is 29.0 Å². The standard InChI is InChI=1S/C35H47F2N7O9S/c1-34(2,50)27-18-39-42-44(27)23-17-26(32(48)41-35(29(45)30(38)46)12-14-53-15-13-35)43(19-23)33(49)25(16-21-6-4-3-5-7-21)40-31(47)22-8-10-24(11-9-22)54(51,52)20-28(36)37/h8-11,18,21,23,25-26,28,50H,3-7,12-17,19-20H2,1-2H3,(H2,38,46)(H,40,47)(H,41,48)/t23-,25+,26-/m0/s1. The number of aliphatic hydroxyl groups is 1. The highest BCUT2D eigenvalue weighted by atomic mass is 32.2. The summed E-state index contributed by atoms with van der Waals surface area (Å²) in [5, 5.41) is 24.4. The number of rotatable bonds is 14. The summed E-state index contributed by atoms with van der Waals surface area (Å²) in [4.78, 5) is 68.8. The van der Waals surface area contributed by atoms with Crippen LogP contribution in [0.1, 0.15) is 93.7 Å². The number of ketones is 1. The zero-order chi connectivity index (χ0) is 39.4. The third kappa shape index (κ3) is 9.29. The second-order valence-corrected chi connectivity index (χ2v) is 16.9. The first-order valence-electron chi connectivity index (χ1n) is 18.0. The largest absolute Gasteiger partial charge is 0.384 e. The Morgan fingerprint density at radius 1 is 1.07 bits per heavy atom. The number of amides is 4. The molecule has 16 nitrogen and oxygen atoms in total. The van der Waals surface area contributed by atoms with Crippen LogP contribution < -0.4 is 16.4 Å². The van der Waals surface area contributed by atoms with E-state index in [0.717, 1.165) is 44.2 Å². The molecule has 2 aromatic rings. The fraction of sp³-hybridized carbons (Fsp3) is 0.629. The van der Waals surface area contributed by atoms with E-state index in [1.54, 1.807) is 0 Å². The van der Waals surface area contributed by atoms with Gasteiger partial charge in [-0.1, -0.05) is 37.3 Å². The Morgan fingerprint density at radius 3 is 2.31 bits per heavy atom. The van der Waals surface area contributed by atoms with Crippen molar-refractivity contribution in [3.05, 3.63) is 41.7 Å². The molecular weight excluding hydrogens is 732 g/mol. The number of hydrogen-bond acceptors (Lipinski definition) is 11. The lowest BCUT2D eigenvalue weighted by Crippen LogP contribution is -2.64. The molecule has 1 aromatic carbocycles. The van der Waals surface area contributed by atoms with Gasteiger partial charge in [-0.15, -0.1) is 5.10 Å². The molecule has 19 heteroatoms. The summed E-state index contributed by atoms with van der Waals surface area (Å²) in [7, 11) is -4.31. The van der Waals surface area contributed by atoms with E-state index in [2.05, 4.69) is 20.9 Å². The first-order chi connectivity index (χ1) is 25.4. The third-order valence-electron chi connectivity index (χ3n) is 10.5. The average molecular weight is 780 g/mol. The molecule has 4 amide bonds. The van der Waals surface area contributed by atoms with Crippen LogP contribution >= 0.6 is 0 Å². The van der Waals surface area contributed by atoms with Crippen molar-refractivity contribution in [1.82, 2.24) is 30.5 Å². The van der Waals surface area contributed by atoms with E-state index in [0.29, 0.717) is 5.69 Å². The number of alkyl halides is 2. The van der Waals surface area contributed by atoms with E-state index >= 15 is 0 Å². The summed E-state index contributed by atoms with van der Waals surface area (Å²) in [6.45, 7) is 3.10. The summed E-state index contributed by atoms with van der Waals surface area (Å²) in [5.74, 6) is -5.64. The molecule has 1 aliphatic carbocycles. The number of benzene rings is 1. The zero-order valence-corrected chi connectivity index (χ0v) is 31.0. The summed E-state index contributed by atoms with van der Waals surface area (Å²) in [6, 6.07) is 1.37. The first kappa shape index (κ1) is 40.8. The topological polar surface area (TPSA) is 233 Å². The summed E-state index contributed by atoms with van der Waals surface area (Å²) in [5.41, 5.74) is 2.62. The lowest BCUT2D eigenvalue weighted by Gasteiger charge is -2.37. The van der Waals surface area contributed by atoms with Gasteiger partial charge in [0, 0.05) is 44.6 Å². The normalized spacial score (nSPS) is 21.4. The molecule has 5 rings (SSSR count). The molecule has 3 heterocycles. The number of nitrogens with two attached hydrogens (primary N) is 1. The number of primary amides is 1. The molecular formula is C35H47F2N7O9S. The number of carbonyl (C=O) groups is 5. The SMILES string of the molecule is CC(C)(O)c1cnnn1[C@H]1C[C@@H](C(=O)NC2(C(=O)C(N)=O)CCOCC2)N(C(=O)[C@@H](CC2CCCCC2)NC(=O)c2ccc(S(=O)(=O)CC(F)F)cc2)C1. The fourth-order valence-electron chi connectivity index (χ4n) is 7.61. The van der Waals surface area contributed by atoms with Gasteiger partial charge in [-0.2, -0.15) is 0 Å². The summed E-state index contributed by atoms with van der Waals surface area (Å²) < 4.78 is 57.2. The van der Waals surface area contributed by atoms with Gasteiger partial charge in [0.2, 0.25) is 17.6 Å². The van der Waals surface area contributed by atoms with E-state index in [1.165, 1.54) is 41.8 Å². The van der Waals surface area contributed by atoms with Crippen LogP contribution in [-0.4, -0.2) is 112 Å². The highest BCUT2D eigenvalue weighted by Gasteiger charge is 2.49. The van der Waals surface area contributed by atoms with Gasteiger partial charge in [0.25, 0.3) is 18.2 Å². The van der Waals surface area contributed by atoms with E-state index in [-0.39, 0.29) is 61.8 Å². The lowest BCUT2D eigenvalue weighted by molar-refractivity contribution is -0.147. The van der Waals surface area contributed by atoms with Crippen LogP contribution in [-0.2, 0) is 39.4 Å². The second-order valence-electron chi connectivity index (χ2n) is 14.9. The minimum absolute atomic E-state index is 0.0232. The van der Waals surface area contributed by atoms with Crippen molar-refractivity contribution in [3.8, 4) is 0 Å². The lowest BCUT2D eigenvalue weighted by atomic mass is 9.84. The highest BCUT2D eigenvalue weighted by Crippen LogP contribution is 2.34. The molecule has 0 spiro atoms. The maximum atomic E-state index is 14.7. The average Bonchev–Trinajstić information content (AvgIpc) is 3.80. The van der Waals surface area contributed by atoms with Crippen molar-refractivity contribution in [2.24, 2.45) is 11.7 Å². The molecule has 2 saturated heterocycles. The van der Waals surface area contributed by atoms with Gasteiger partial charge in [0.15, 0.2) is 9.84 Å². The molecule has 0 unspecified atom stereocenters. The number of nitrogens with one attached hydrogen (secondary N) is 2. The summed E-state index contributed by atoms with van der Waals surface area (Å²) >= 11 is 0. The monoisotopic (exact) mass is 779 g/mol. The van der Waals surface area contributed by atoms with Crippen molar-refractivity contribution >= 4 is 39.2 Å². The van der Waals surface area contributed by atoms with Gasteiger partial charge in [-0.3, -0.25) is 24.0 Å². The minimum Gasteiger partial charge on any atom is -0.384 e. The predicted octanol–water partition coefficient (Wildman–Crippen LogP) is 1.18. The van der Waals surface area contributed by atoms with Gasteiger partial charge in [0.05, 0.1) is 22.8 Å². The van der Waals surface area contributed by atoms with Crippen LogP contribution in [0.3, 0.4) is 0 Å². The minimum atomic E-state index is -4.31. The van der Waals surface area contributed by atoms with Crippen LogP contribution in [0.25, 0.3) is 0 Å². The Hall–Kier alpha value is -4.36. The number of carbonyl (C=O) groups excluding carboxylic acids is 5. The van der Waals surface area contributed by atoms with E-state index in [4.69, 9.17) is 10.5 Å². The van der Waals surface area contributed by atoms with Crippen LogP contribution in [0.4, 0.5) is 8.78 Å². The molecule has 0 radical (unpaired) electrons. The Kier molecular flexibility index (Phi) is 12.5. The van der Waals surface area contributed by atoms with Gasteiger partial charge in [-0.05, 0) is 50.5 Å². The van der Waals surface area contributed by atoms with Crippen molar-refractivity contribution in [3.63, 3.8) is 0 Å². The second kappa shape index (κ2) is 16.6. The molecule has 1 saturated carbocycles. The van der Waals surface area contributed by atoms with Crippen LogP contribution in [0.15, 0.2) is 35.4 Å². The quantitative estimate of drug-likeness (QED) is 0.199. The molecule has 3 atom stereocenters. The molecule has 1 aromatic heterocycles. The van der Waals surface area contributed by atoms with Gasteiger partial charge >= 0.3 is 0 Å². The molecule has 3 aliphatic rings. The maximum absolute atomic E-state index is 14.7. The summed E-state index contributed by atoms with van der Waals surface area (Å²) in [6.07, 6.45) is 2.91. The number of likely N-dealkylation sites (tertiary alicyclic amines) is 1. The Labute approximate surface area is 311 Å². The molecule has 2 aliphatic heterocycles. The number of ether oxygens (including phenoxy) is 1. The predicted molar refractivity (Wildman–Crippen MR) is 186 cm³/mol. The van der Waals surface area contributed by atoms with Crippen molar-refractivity contribution in [2.75, 3.05) is 25.5 Å². The molecule has 0 bridgehead atoms. The van der Waals surface area contributed by atoms with Gasteiger partial charge in [-0.25, -0.2) is 21.9 Å². The van der Waals surface area contributed by atoms with Crippen molar-refractivity contribution in [1.29, 1.82) is 0 Å². The van der Waals surface area contributed by atoms with E-state index in [9.17, 15) is 46.3 Å². The van der Waals surface area contributed by atoms with Crippen molar-refractivity contribution in [2.45, 2.75) is 112 Å². The highest BCUT2D eigenvalue weighted by molar-refractivity contribution is 7.91. The maximum Gasteiger partial charge on any atom is 0.287 e. The third-order valence-corrected chi connectivity index (χ3v) is 12.2. The molecule has 54 heavy (non-hydrogen) atoms. The van der Waals surface area contributed by atoms with E-state index in [1.807, 2.05) is 0 Å². The van der Waals surface area contributed by atoms with Crippen LogP contribution in [0, 0.1) is 5.92 Å². The molecule has 3 fully saturated rings. The van der Waals surface area contributed by atoms with Gasteiger partial charge < -0.3 is 31.1 Å². The van der Waals surface area contributed by atoms with Crippen molar-refractivity contribution < 1.29 is 51.0 Å². The Bertz CT molecular complexity index is 1820. The number of sulfone groups is 1. The zero-order valence-electron chi connectivity index (χ0n) is 30.2. The van der Waals surface area contributed by atoms with Crippen LogP contribution in [0.2, 0.25) is 0 Å². The smallest absolute Gasteiger partial charge is 0.287 e. The number of Topliss-reactive ketones (excluding diaryl/α,β-unsaturated/α-hetero) is 1. The first-order valence-corrected chi connectivity index (χ1v) is 19.7. The Balaban J connectivity index is 1.47. The van der Waals surface area contributed by atoms with E-state index < -0.39 is 80.7 Å². The molecule has 5 N–H and O–H groups in total.